The first-order valence-corrected chi connectivity index (χ1v) is 5.40. The number of hydrogen-bond donors (Lipinski definition) is 2. The predicted octanol–water partition coefficient (Wildman–Crippen LogP) is 3.18. The molecule has 1 aromatic carbocycles. The van der Waals surface area contributed by atoms with E-state index in [1.54, 1.807) is 30.6 Å². The van der Waals surface area contributed by atoms with Crippen molar-refractivity contribution in [2.75, 3.05) is 17.6 Å². The first kappa shape index (κ1) is 12.5. The maximum absolute atomic E-state index is 12.1. The summed E-state index contributed by atoms with van der Waals surface area (Å²) in [6.07, 6.45) is -1.85. The molecule has 0 radical (unpaired) electrons. The second-order valence-corrected chi connectivity index (χ2v) is 3.92. The van der Waals surface area contributed by atoms with Crippen molar-refractivity contribution < 1.29 is 13.2 Å². The van der Waals surface area contributed by atoms with E-state index in [9.17, 15) is 13.2 Å². The lowest BCUT2D eigenvalue weighted by molar-refractivity contribution is -0.131. The van der Waals surface area contributed by atoms with E-state index < -0.39 is 12.6 Å². The molecule has 0 saturated heterocycles. The minimum Gasteiger partial charge on any atom is -0.398 e. The van der Waals surface area contributed by atoms with Crippen LogP contribution in [0.2, 0.25) is 0 Å². The third-order valence-electron chi connectivity index (χ3n) is 2.58. The Morgan fingerprint density at radius 3 is 2.67 bits per heavy atom. The molecule has 0 spiro atoms. The van der Waals surface area contributed by atoms with Crippen LogP contribution in [0.5, 0.6) is 0 Å². The minimum atomic E-state index is -4.15. The molecule has 0 unspecified atom stereocenters. The standard InChI is InChI=1S/C12H12F3N3/c13-12(14,15)4-6-18-11-2-1-10(16)9-7-17-5-3-8(9)11/h1-3,5,7,18H,4,6,16H2. The van der Waals surface area contributed by atoms with Crippen molar-refractivity contribution in [3.05, 3.63) is 30.6 Å². The van der Waals surface area contributed by atoms with Crippen LogP contribution in [0, 0.1) is 0 Å². The summed E-state index contributed by atoms with van der Waals surface area (Å²) in [5.74, 6) is 0. The average Bonchev–Trinajstić information content (AvgIpc) is 2.31. The van der Waals surface area contributed by atoms with E-state index in [4.69, 9.17) is 5.73 Å². The van der Waals surface area contributed by atoms with Gasteiger partial charge in [0.15, 0.2) is 0 Å². The van der Waals surface area contributed by atoms with Gasteiger partial charge in [0.25, 0.3) is 0 Å². The Bertz CT molecular complexity index is 552. The van der Waals surface area contributed by atoms with Crippen LogP contribution in [-0.4, -0.2) is 17.7 Å². The van der Waals surface area contributed by atoms with Crippen LogP contribution in [0.25, 0.3) is 10.8 Å². The summed E-state index contributed by atoms with van der Waals surface area (Å²) in [6, 6.07) is 5.05. The van der Waals surface area contributed by atoms with E-state index in [1.807, 2.05) is 0 Å². The molecule has 0 bridgehead atoms. The maximum atomic E-state index is 12.1. The number of rotatable bonds is 3. The van der Waals surface area contributed by atoms with Gasteiger partial charge in [-0.3, -0.25) is 4.98 Å². The summed E-state index contributed by atoms with van der Waals surface area (Å²) < 4.78 is 36.2. The number of halogens is 3. The summed E-state index contributed by atoms with van der Waals surface area (Å²) in [5.41, 5.74) is 6.96. The lowest BCUT2D eigenvalue weighted by Gasteiger charge is -2.12. The Hall–Kier alpha value is -1.98. The molecule has 2 rings (SSSR count). The molecule has 18 heavy (non-hydrogen) atoms. The average molecular weight is 255 g/mol. The lowest BCUT2D eigenvalue weighted by Crippen LogP contribution is -2.14. The van der Waals surface area contributed by atoms with Crippen LogP contribution < -0.4 is 11.1 Å². The number of nitrogens with two attached hydrogens (primary N) is 1. The highest BCUT2D eigenvalue weighted by molar-refractivity contribution is 6.00. The smallest absolute Gasteiger partial charge is 0.390 e. The van der Waals surface area contributed by atoms with Crippen molar-refractivity contribution in [3.63, 3.8) is 0 Å². The minimum absolute atomic E-state index is 0.162. The van der Waals surface area contributed by atoms with E-state index in [0.717, 1.165) is 10.8 Å². The number of alkyl halides is 3. The number of anilines is 2. The molecule has 3 nitrogen and oxygen atoms in total. The SMILES string of the molecule is Nc1ccc(NCCC(F)(F)F)c2ccncc12. The zero-order valence-electron chi connectivity index (χ0n) is 9.46. The first-order valence-electron chi connectivity index (χ1n) is 5.40. The van der Waals surface area contributed by atoms with E-state index in [1.165, 1.54) is 0 Å². The zero-order chi connectivity index (χ0) is 13.2. The van der Waals surface area contributed by atoms with Crippen LogP contribution in [-0.2, 0) is 0 Å². The molecule has 0 aliphatic rings. The normalized spacial score (nSPS) is 11.7. The molecule has 0 fully saturated rings. The summed E-state index contributed by atoms with van der Waals surface area (Å²) in [5, 5.41) is 4.27. The highest BCUT2D eigenvalue weighted by atomic mass is 19.4. The Kier molecular flexibility index (Phi) is 3.27. The molecular weight excluding hydrogens is 243 g/mol. The van der Waals surface area contributed by atoms with Crippen LogP contribution in [0.15, 0.2) is 30.6 Å². The van der Waals surface area contributed by atoms with Gasteiger partial charge in [0.05, 0.1) is 6.42 Å². The summed E-state index contributed by atoms with van der Waals surface area (Å²) in [6.45, 7) is -0.162. The molecule has 6 heteroatoms. The van der Waals surface area contributed by atoms with E-state index in [-0.39, 0.29) is 6.54 Å². The number of nitrogens with one attached hydrogen (secondary N) is 1. The fraction of sp³-hybridized carbons (Fsp3) is 0.250. The molecule has 2 aromatic rings. The molecule has 0 aliphatic carbocycles. The maximum Gasteiger partial charge on any atom is 0.390 e. The summed E-state index contributed by atoms with van der Waals surface area (Å²) in [4.78, 5) is 3.95. The number of pyridine rings is 1. The van der Waals surface area contributed by atoms with Crippen molar-refractivity contribution in [1.82, 2.24) is 4.98 Å². The number of nitrogen functional groups attached to an aromatic ring is 1. The van der Waals surface area contributed by atoms with E-state index in [0.29, 0.717) is 11.4 Å². The second kappa shape index (κ2) is 4.72. The Morgan fingerprint density at radius 2 is 1.94 bits per heavy atom. The van der Waals surface area contributed by atoms with Crippen LogP contribution in [0.4, 0.5) is 24.5 Å². The fourth-order valence-electron chi connectivity index (χ4n) is 1.71. The highest BCUT2D eigenvalue weighted by Gasteiger charge is 2.26. The van der Waals surface area contributed by atoms with Gasteiger partial charge >= 0.3 is 6.18 Å². The molecular formula is C12H12F3N3. The molecule has 1 aromatic heterocycles. The van der Waals surface area contributed by atoms with Crippen LogP contribution in [0.3, 0.4) is 0 Å². The Labute approximate surface area is 102 Å². The van der Waals surface area contributed by atoms with Gasteiger partial charge in [-0.25, -0.2) is 0 Å². The van der Waals surface area contributed by atoms with Crippen LogP contribution in [0.1, 0.15) is 6.42 Å². The van der Waals surface area contributed by atoms with Crippen LogP contribution >= 0.6 is 0 Å². The number of fused-ring (bicyclic) bond motifs is 1. The van der Waals surface area contributed by atoms with Gasteiger partial charge in [-0.1, -0.05) is 0 Å². The molecule has 0 amide bonds. The van der Waals surface area contributed by atoms with Gasteiger partial charge in [0, 0.05) is 41.1 Å². The van der Waals surface area contributed by atoms with E-state index in [2.05, 4.69) is 10.3 Å². The molecule has 3 N–H and O–H groups in total. The highest BCUT2D eigenvalue weighted by Crippen LogP contribution is 2.28. The number of benzene rings is 1. The number of aromatic nitrogens is 1. The third kappa shape index (κ3) is 2.82. The van der Waals surface area contributed by atoms with Gasteiger partial charge in [0.2, 0.25) is 0 Å². The van der Waals surface area contributed by atoms with Crippen molar-refractivity contribution >= 4 is 22.1 Å². The topological polar surface area (TPSA) is 50.9 Å². The Balaban J connectivity index is 2.21. The molecule has 1 heterocycles. The first-order chi connectivity index (χ1) is 8.47. The van der Waals surface area contributed by atoms with Gasteiger partial charge < -0.3 is 11.1 Å². The molecule has 96 valence electrons. The van der Waals surface area contributed by atoms with Gasteiger partial charge in [-0.05, 0) is 18.2 Å². The van der Waals surface area contributed by atoms with Crippen molar-refractivity contribution in [3.8, 4) is 0 Å². The number of nitrogens with zero attached hydrogens (tertiary/aromatic N) is 1. The zero-order valence-corrected chi connectivity index (χ0v) is 9.46. The number of hydrogen-bond acceptors (Lipinski definition) is 3. The Morgan fingerprint density at radius 1 is 1.17 bits per heavy atom. The third-order valence-corrected chi connectivity index (χ3v) is 2.58. The largest absolute Gasteiger partial charge is 0.398 e. The molecule has 0 atom stereocenters. The molecule has 0 saturated carbocycles. The van der Waals surface area contributed by atoms with Gasteiger partial charge in [-0.2, -0.15) is 13.2 Å². The summed E-state index contributed by atoms with van der Waals surface area (Å²) in [7, 11) is 0. The predicted molar refractivity (Wildman–Crippen MR) is 65.3 cm³/mol. The molecule has 0 aliphatic heterocycles. The monoisotopic (exact) mass is 255 g/mol. The quantitative estimate of drug-likeness (QED) is 0.828. The van der Waals surface area contributed by atoms with Crippen molar-refractivity contribution in [2.24, 2.45) is 0 Å². The fourth-order valence-corrected chi connectivity index (χ4v) is 1.71. The second-order valence-electron chi connectivity index (χ2n) is 3.92. The van der Waals surface area contributed by atoms with Gasteiger partial charge in [-0.15, -0.1) is 0 Å². The summed E-state index contributed by atoms with van der Waals surface area (Å²) >= 11 is 0. The van der Waals surface area contributed by atoms with Crippen molar-refractivity contribution in [2.45, 2.75) is 12.6 Å². The van der Waals surface area contributed by atoms with Gasteiger partial charge in [0.1, 0.15) is 0 Å². The van der Waals surface area contributed by atoms with Crippen molar-refractivity contribution in [1.29, 1.82) is 0 Å². The lowest BCUT2D eigenvalue weighted by atomic mass is 10.1. The van der Waals surface area contributed by atoms with E-state index >= 15 is 0 Å².